The van der Waals surface area contributed by atoms with E-state index in [0.29, 0.717) is 28.7 Å². The molecule has 3 aromatic rings. The largest absolute Gasteiger partial charge is 0.497 e. The van der Waals surface area contributed by atoms with Gasteiger partial charge in [-0.05, 0) is 41.8 Å². The van der Waals surface area contributed by atoms with Crippen LogP contribution in [0, 0.1) is 6.92 Å². The second kappa shape index (κ2) is 9.96. The highest BCUT2D eigenvalue weighted by Gasteiger charge is 2.41. The van der Waals surface area contributed by atoms with Gasteiger partial charge in [0.25, 0.3) is 0 Å². The van der Waals surface area contributed by atoms with Gasteiger partial charge < -0.3 is 33.2 Å². The fraction of sp³-hybridized carbons (Fsp3) is 0.357. The topological polar surface area (TPSA) is 64.6 Å². The average molecular weight is 481 g/mol. The quantitative estimate of drug-likeness (QED) is 0.435. The minimum Gasteiger partial charge on any atom is -0.497 e. The van der Waals surface area contributed by atoms with E-state index >= 15 is 0 Å². The molecule has 7 heteroatoms. The molecule has 1 aliphatic carbocycles. The van der Waals surface area contributed by atoms with E-state index in [1.54, 1.807) is 49.8 Å². The van der Waals surface area contributed by atoms with Gasteiger partial charge in [0.2, 0.25) is 0 Å². The Morgan fingerprint density at radius 1 is 0.486 bits per heavy atom. The van der Waals surface area contributed by atoms with Gasteiger partial charge in [-0.2, -0.15) is 0 Å². The fourth-order valence-corrected chi connectivity index (χ4v) is 5.11. The Kier molecular flexibility index (Phi) is 6.98. The molecule has 1 aliphatic rings. The molecule has 0 spiro atoms. The van der Waals surface area contributed by atoms with Crippen LogP contribution in [0.15, 0.2) is 36.4 Å². The molecule has 7 nitrogen and oxygen atoms in total. The molecule has 35 heavy (non-hydrogen) atoms. The molecule has 4 rings (SSSR count). The van der Waals surface area contributed by atoms with Crippen LogP contribution in [-0.4, -0.2) is 49.8 Å². The van der Waals surface area contributed by atoms with Gasteiger partial charge in [-0.1, -0.05) is 0 Å². The highest BCUT2D eigenvalue weighted by molar-refractivity contribution is 5.69. The Hall–Kier alpha value is -3.58. The van der Waals surface area contributed by atoms with E-state index in [2.05, 4.69) is 0 Å². The van der Waals surface area contributed by atoms with Gasteiger partial charge in [0.05, 0.1) is 42.7 Å². The van der Waals surface area contributed by atoms with Crippen molar-refractivity contribution in [3.05, 3.63) is 69.8 Å². The number of hydrogen-bond donors (Lipinski definition) is 0. The number of benzene rings is 3. The Morgan fingerprint density at radius 3 is 1.26 bits per heavy atom. The van der Waals surface area contributed by atoms with Crippen LogP contribution in [0.3, 0.4) is 0 Å². The van der Waals surface area contributed by atoms with Crippen molar-refractivity contribution < 1.29 is 33.2 Å². The third-order valence-corrected chi connectivity index (χ3v) is 6.65. The lowest BCUT2D eigenvalue weighted by atomic mass is 9.71. The minimum atomic E-state index is -0.395. The van der Waals surface area contributed by atoms with Gasteiger partial charge in [-0.25, -0.2) is 0 Å². The molecular weight excluding hydrogens is 448 g/mol. The zero-order chi connectivity index (χ0) is 25.3. The van der Waals surface area contributed by atoms with Gasteiger partial charge in [0.15, 0.2) is 0 Å². The molecule has 0 bridgehead atoms. The van der Waals surface area contributed by atoms with Crippen LogP contribution < -0.4 is 28.4 Å². The van der Waals surface area contributed by atoms with Crippen molar-refractivity contribution in [1.29, 1.82) is 0 Å². The average Bonchev–Trinajstić information content (AvgIpc) is 2.89. The van der Waals surface area contributed by atoms with Crippen molar-refractivity contribution in [3.8, 4) is 34.5 Å². The van der Waals surface area contributed by atoms with E-state index in [4.69, 9.17) is 33.2 Å². The summed E-state index contributed by atoms with van der Waals surface area (Å²) in [5, 5.41) is 0. The molecular formula is C28H32O7. The Morgan fingerprint density at radius 2 is 0.886 bits per heavy atom. The van der Waals surface area contributed by atoms with E-state index in [9.17, 15) is 0 Å². The maximum atomic E-state index is 6.08. The van der Waals surface area contributed by atoms with Crippen LogP contribution in [0.2, 0.25) is 0 Å². The van der Waals surface area contributed by atoms with E-state index in [1.165, 1.54) is 0 Å². The van der Waals surface area contributed by atoms with Crippen molar-refractivity contribution in [2.24, 2.45) is 0 Å². The van der Waals surface area contributed by atoms with Crippen LogP contribution in [0.1, 0.15) is 45.4 Å². The molecule has 0 saturated heterocycles. The first kappa shape index (κ1) is 24.5. The van der Waals surface area contributed by atoms with Gasteiger partial charge in [-0.15, -0.1) is 0 Å². The summed E-state index contributed by atoms with van der Waals surface area (Å²) in [6.45, 7) is 2.05. The molecule has 186 valence electrons. The monoisotopic (exact) mass is 480 g/mol. The second-order valence-electron chi connectivity index (χ2n) is 8.27. The summed E-state index contributed by atoms with van der Waals surface area (Å²) >= 11 is 0. The fourth-order valence-electron chi connectivity index (χ4n) is 5.11. The van der Waals surface area contributed by atoms with E-state index in [-0.39, 0.29) is 5.92 Å². The molecule has 0 fully saturated rings. The molecule has 0 aromatic heterocycles. The first-order valence-corrected chi connectivity index (χ1v) is 11.2. The van der Waals surface area contributed by atoms with Crippen LogP contribution in [0.4, 0.5) is 0 Å². The molecule has 0 N–H and O–H groups in total. The minimum absolute atomic E-state index is 0.283. The predicted molar refractivity (Wildman–Crippen MR) is 133 cm³/mol. The van der Waals surface area contributed by atoms with Crippen LogP contribution in [0.25, 0.3) is 0 Å². The summed E-state index contributed by atoms with van der Waals surface area (Å²) in [5.74, 6) is 3.87. The van der Waals surface area contributed by atoms with Gasteiger partial charge in [0, 0.05) is 47.9 Å². The summed E-state index contributed by atoms with van der Waals surface area (Å²) in [7, 11) is 11.6. The van der Waals surface area contributed by atoms with Crippen molar-refractivity contribution in [3.63, 3.8) is 0 Å². The van der Waals surface area contributed by atoms with Crippen LogP contribution in [0.5, 0.6) is 34.5 Å². The molecule has 0 heterocycles. The summed E-state index contributed by atoms with van der Waals surface area (Å²) in [5.41, 5.74) is 5.79. The van der Waals surface area contributed by atoms with E-state index < -0.39 is 6.10 Å². The molecule has 0 unspecified atom stereocenters. The summed E-state index contributed by atoms with van der Waals surface area (Å²) in [6.07, 6.45) is -0.395. The van der Waals surface area contributed by atoms with Crippen molar-refractivity contribution in [2.75, 3.05) is 49.8 Å². The first-order chi connectivity index (χ1) is 17.0. The smallest absolute Gasteiger partial charge is 0.127 e. The Balaban J connectivity index is 2.18. The number of ether oxygens (including phenoxy) is 7. The number of fused-ring (bicyclic) bond motifs is 2. The lowest BCUT2D eigenvalue weighted by Crippen LogP contribution is -2.23. The number of hydrogen-bond acceptors (Lipinski definition) is 7. The maximum Gasteiger partial charge on any atom is 0.127 e. The second-order valence-corrected chi connectivity index (χ2v) is 8.27. The van der Waals surface area contributed by atoms with Gasteiger partial charge in [-0.3, -0.25) is 0 Å². The summed E-state index contributed by atoms with van der Waals surface area (Å²) in [6, 6.07) is 11.7. The summed E-state index contributed by atoms with van der Waals surface area (Å²) in [4.78, 5) is 0. The van der Waals surface area contributed by atoms with Crippen molar-refractivity contribution >= 4 is 0 Å². The Bertz CT molecular complexity index is 1170. The van der Waals surface area contributed by atoms with Gasteiger partial charge >= 0.3 is 0 Å². The number of rotatable bonds is 8. The molecule has 3 aromatic carbocycles. The number of aryl methyl sites for hydroxylation is 1. The zero-order valence-electron chi connectivity index (χ0n) is 21.5. The first-order valence-electron chi connectivity index (χ1n) is 11.2. The van der Waals surface area contributed by atoms with Crippen LogP contribution in [-0.2, 0) is 4.74 Å². The molecule has 0 aliphatic heterocycles. The lowest BCUT2D eigenvalue weighted by molar-refractivity contribution is 0.131. The maximum absolute atomic E-state index is 6.08. The molecule has 0 amide bonds. The van der Waals surface area contributed by atoms with Crippen LogP contribution >= 0.6 is 0 Å². The third kappa shape index (κ3) is 4.00. The van der Waals surface area contributed by atoms with Crippen molar-refractivity contribution in [1.82, 2.24) is 0 Å². The van der Waals surface area contributed by atoms with E-state index in [0.717, 1.165) is 39.1 Å². The van der Waals surface area contributed by atoms with Crippen molar-refractivity contribution in [2.45, 2.75) is 18.9 Å². The lowest BCUT2D eigenvalue weighted by Gasteiger charge is -2.37. The third-order valence-electron chi connectivity index (χ3n) is 6.65. The molecule has 0 atom stereocenters. The number of methoxy groups -OCH3 is 7. The summed E-state index contributed by atoms with van der Waals surface area (Å²) < 4.78 is 40.6. The highest BCUT2D eigenvalue weighted by atomic mass is 16.5. The Labute approximate surface area is 206 Å². The normalized spacial score (nSPS) is 16.1. The van der Waals surface area contributed by atoms with E-state index in [1.807, 2.05) is 43.3 Å². The zero-order valence-corrected chi connectivity index (χ0v) is 21.5. The highest BCUT2D eigenvalue weighted by Crippen LogP contribution is 2.56. The molecule has 0 saturated carbocycles. The molecule has 0 radical (unpaired) electrons. The predicted octanol–water partition coefficient (Wildman–Crippen LogP) is 5.28. The SMILES string of the molecule is COc1cc(C)c(C2c3c(OC)cc(OC)cc3C(OC)c3cc(OC)cc(OC)c32)c(OC)c1. The van der Waals surface area contributed by atoms with Gasteiger partial charge in [0.1, 0.15) is 40.6 Å². The standard InChI is InChI=1S/C28H32O7/c1-15-9-16(29-2)12-21(32-5)24(15)27-25-19(10-17(30-3)13-22(25)33-6)28(35-8)20-11-18(31-4)14-23(34-7)26(20)27/h9-14,27-28H,1-8H3.